The van der Waals surface area contributed by atoms with Gasteiger partial charge in [-0.1, -0.05) is 57.0 Å². The van der Waals surface area contributed by atoms with Crippen molar-refractivity contribution in [3.63, 3.8) is 0 Å². The number of aliphatic hydroxyl groups is 2. The number of allylic oxidation sites excluding steroid dienone is 1. The number of fused-ring (bicyclic) bond motifs is 2. The van der Waals surface area contributed by atoms with Crippen LogP contribution in [0.2, 0.25) is 0 Å². The maximum atomic E-state index is 14.0. The Hall–Kier alpha value is -4.46. The Morgan fingerprint density at radius 2 is 1.75 bits per heavy atom. The zero-order valence-corrected chi connectivity index (χ0v) is 34.6. The number of non-ortho nitro benzene ring substituents is 1. The number of nitro benzene ring substituents is 1. The second-order valence-corrected chi connectivity index (χ2v) is 17.6. The first-order valence-corrected chi connectivity index (χ1v) is 20.1. The van der Waals surface area contributed by atoms with Crippen LogP contribution in [0.5, 0.6) is 17.2 Å². The van der Waals surface area contributed by atoms with Crippen molar-refractivity contribution in [2.24, 2.45) is 28.3 Å². The van der Waals surface area contributed by atoms with Crippen molar-refractivity contribution in [1.29, 1.82) is 0 Å². The van der Waals surface area contributed by atoms with Gasteiger partial charge in [0.25, 0.3) is 5.69 Å². The molecule has 0 saturated heterocycles. The first-order valence-electron chi connectivity index (χ1n) is 20.1. The Morgan fingerprint density at radius 3 is 2.40 bits per heavy atom. The lowest BCUT2D eigenvalue weighted by Crippen LogP contribution is -2.69. The number of oxime groups is 1. The summed E-state index contributed by atoms with van der Waals surface area (Å²) in [6, 6.07) is 10.9. The molecule has 6 atom stereocenters. The van der Waals surface area contributed by atoms with Crippen LogP contribution in [0.4, 0.5) is 10.5 Å². The van der Waals surface area contributed by atoms with Crippen LogP contribution in [0.3, 0.4) is 0 Å². The monoisotopic (exact) mass is 791 g/mol. The van der Waals surface area contributed by atoms with E-state index in [-0.39, 0.29) is 61.7 Å². The number of amides is 1. The van der Waals surface area contributed by atoms with Crippen LogP contribution in [0.15, 0.2) is 71.9 Å². The van der Waals surface area contributed by atoms with Crippen LogP contribution in [-0.4, -0.2) is 82.7 Å². The Morgan fingerprint density at radius 1 is 1.05 bits per heavy atom. The van der Waals surface area contributed by atoms with Gasteiger partial charge < -0.3 is 38.9 Å². The van der Waals surface area contributed by atoms with E-state index in [1.54, 1.807) is 36.2 Å². The molecule has 1 heterocycles. The Kier molecular flexibility index (Phi) is 14.1. The number of likely N-dealkylation sites (N-methyl/N-ethyl adjacent to an activating group) is 1. The summed E-state index contributed by atoms with van der Waals surface area (Å²) in [6.45, 7) is 16.2. The minimum Gasteiger partial charge on any atom is -0.459 e. The van der Waals surface area contributed by atoms with Gasteiger partial charge in [0.05, 0.1) is 35.8 Å². The van der Waals surface area contributed by atoms with Crippen LogP contribution >= 0.6 is 0 Å². The second-order valence-electron chi connectivity index (χ2n) is 17.6. The third-order valence-electron chi connectivity index (χ3n) is 10.7. The van der Waals surface area contributed by atoms with Crippen molar-refractivity contribution < 1.29 is 43.7 Å². The Bertz CT molecular complexity index is 1800. The van der Waals surface area contributed by atoms with E-state index in [1.807, 2.05) is 53.7 Å². The van der Waals surface area contributed by atoms with Crippen LogP contribution in [0.1, 0.15) is 98.0 Å². The summed E-state index contributed by atoms with van der Waals surface area (Å²) in [7, 11) is 1.70. The van der Waals surface area contributed by atoms with Gasteiger partial charge in [-0.05, 0) is 93.5 Å². The van der Waals surface area contributed by atoms with Crippen LogP contribution < -0.4 is 9.47 Å². The number of hydrogen-bond donors (Lipinski definition) is 2. The predicted octanol–water partition coefficient (Wildman–Crippen LogP) is 8.93. The minimum atomic E-state index is -1.43. The molecule has 2 N–H and O–H groups in total. The Balaban J connectivity index is 1.75. The molecule has 13 heteroatoms. The number of benzene rings is 2. The maximum Gasteiger partial charge on any atom is 0.410 e. The van der Waals surface area contributed by atoms with Crippen molar-refractivity contribution in [2.45, 2.75) is 110 Å². The fraction of sp³-hybridized carbons (Fsp3) is 0.591. The molecule has 1 saturated carbocycles. The van der Waals surface area contributed by atoms with E-state index in [2.05, 4.69) is 12.7 Å². The number of unbranched alkanes of at least 4 members (excludes halogenated alkanes) is 2. The van der Waals surface area contributed by atoms with Crippen LogP contribution in [-0.2, 0) is 14.3 Å². The maximum absolute atomic E-state index is 14.0. The fourth-order valence-corrected chi connectivity index (χ4v) is 8.29. The predicted molar refractivity (Wildman–Crippen MR) is 218 cm³/mol. The number of nitrogens with zero attached hydrogens (tertiary/aromatic N) is 3. The average molecular weight is 792 g/mol. The summed E-state index contributed by atoms with van der Waals surface area (Å²) in [6.07, 6.45) is 8.08. The molecule has 3 aliphatic rings. The van der Waals surface area contributed by atoms with Crippen LogP contribution in [0.25, 0.3) is 0 Å². The zero-order valence-electron chi connectivity index (χ0n) is 34.6. The molecule has 0 spiro atoms. The smallest absolute Gasteiger partial charge is 0.410 e. The molecule has 13 nitrogen and oxygen atoms in total. The molecule has 0 radical (unpaired) electrons. The van der Waals surface area contributed by atoms with E-state index < -0.39 is 34.4 Å². The standard InChI is InChI=1S/C44H61N3O10/c1-9-23-54-44-38(46(8)41(50)53-28-42(2,3)4)27-36(45-57-43(5,6)7)34-24-29(15-10-12-21-48)33(18-11-13-22-49)39(40(34)44)35-26-32(19-20-37(35)56-44)55-31-17-14-16-30(25-31)47(51)52/h9,14,16-17,19-20,24-26,29,33,38-40,48-49H,1,10-13,15,18,21-23,27-28H2,2-8H3/t29-,33+,38-,39+,40+,44+/m0/s1. The molecule has 2 aliphatic carbocycles. The topological polar surface area (TPSA) is 162 Å². The highest BCUT2D eigenvalue weighted by Crippen LogP contribution is 2.62. The summed E-state index contributed by atoms with van der Waals surface area (Å²) >= 11 is 0. The molecular formula is C44H61N3O10. The number of carbonyl (C=O) groups excluding carboxylic acids is 1. The normalized spacial score (nSPS) is 24.7. The molecule has 1 amide bonds. The average Bonchev–Trinajstić information content (AvgIpc) is 3.16. The van der Waals surface area contributed by atoms with Crippen LogP contribution in [0, 0.1) is 33.3 Å². The van der Waals surface area contributed by atoms with Gasteiger partial charge in [-0.2, -0.15) is 0 Å². The van der Waals surface area contributed by atoms with Gasteiger partial charge in [0.15, 0.2) is 0 Å². The van der Waals surface area contributed by atoms with Crippen molar-refractivity contribution >= 4 is 17.5 Å². The number of nitro groups is 1. The minimum absolute atomic E-state index is 0.00749. The molecule has 0 unspecified atom stereocenters. The summed E-state index contributed by atoms with van der Waals surface area (Å²) in [4.78, 5) is 32.8. The lowest BCUT2D eigenvalue weighted by molar-refractivity contribution is -0.384. The van der Waals surface area contributed by atoms with Gasteiger partial charge >= 0.3 is 6.09 Å². The van der Waals surface area contributed by atoms with Gasteiger partial charge in [0.1, 0.15) is 28.9 Å². The van der Waals surface area contributed by atoms with Crippen molar-refractivity contribution in [3.05, 3.63) is 82.4 Å². The van der Waals surface area contributed by atoms with Gasteiger partial charge in [0.2, 0.25) is 5.79 Å². The van der Waals surface area contributed by atoms with E-state index in [4.69, 9.17) is 28.9 Å². The van der Waals surface area contributed by atoms with Gasteiger partial charge in [-0.15, -0.1) is 6.58 Å². The lowest BCUT2D eigenvalue weighted by Gasteiger charge is -2.59. The number of ether oxygens (including phenoxy) is 4. The molecular weight excluding hydrogens is 730 g/mol. The third kappa shape index (κ3) is 10.4. The molecule has 2 aromatic carbocycles. The molecule has 2 aromatic rings. The highest BCUT2D eigenvalue weighted by atomic mass is 16.7. The number of hydrogen-bond acceptors (Lipinski definition) is 11. The molecule has 0 aromatic heterocycles. The number of aliphatic hydroxyl groups excluding tert-OH is 2. The summed E-state index contributed by atoms with van der Waals surface area (Å²) in [5.41, 5.74) is 1.48. The summed E-state index contributed by atoms with van der Waals surface area (Å²) in [5, 5.41) is 36.1. The first kappa shape index (κ1) is 43.7. The SMILES string of the molecule is C=CCO[C@@]12Oc3ccc(Oc4cccc([N+](=O)[O-])c4)cc3[C@H]3[C@H](CCCCO)[C@@H](CCCCO)C=C(C(=NOC(C)(C)C)C[C@@H]1N(C)C(=O)OCC(C)(C)C)[C@H]32. The molecule has 5 rings (SSSR count). The fourth-order valence-electron chi connectivity index (χ4n) is 8.29. The molecule has 1 fully saturated rings. The number of rotatable bonds is 17. The van der Waals surface area contributed by atoms with Crippen molar-refractivity contribution in [3.8, 4) is 17.2 Å². The van der Waals surface area contributed by atoms with Gasteiger partial charge in [-0.25, -0.2) is 4.79 Å². The Labute approximate surface area is 336 Å². The second kappa shape index (κ2) is 18.4. The van der Waals surface area contributed by atoms with E-state index in [9.17, 15) is 25.1 Å². The molecule has 0 bridgehead atoms. The molecule has 1 aliphatic heterocycles. The molecule has 57 heavy (non-hydrogen) atoms. The van der Waals surface area contributed by atoms with Crippen molar-refractivity contribution in [2.75, 3.05) is 33.5 Å². The first-order chi connectivity index (χ1) is 27.0. The largest absolute Gasteiger partial charge is 0.459 e. The van der Waals surface area contributed by atoms with Gasteiger partial charge in [-0.3, -0.25) is 10.1 Å². The number of carbonyl (C=O) groups is 1. The van der Waals surface area contributed by atoms with E-state index in [0.717, 1.165) is 36.8 Å². The highest BCUT2D eigenvalue weighted by Gasteiger charge is 2.65. The lowest BCUT2D eigenvalue weighted by atomic mass is 9.55. The van der Waals surface area contributed by atoms with E-state index in [1.165, 1.54) is 12.1 Å². The zero-order chi connectivity index (χ0) is 41.5. The third-order valence-corrected chi connectivity index (χ3v) is 10.7. The van der Waals surface area contributed by atoms with E-state index in [0.29, 0.717) is 35.8 Å². The molecule has 312 valence electrons. The summed E-state index contributed by atoms with van der Waals surface area (Å²) in [5.74, 6) is -0.813. The highest BCUT2D eigenvalue weighted by molar-refractivity contribution is 6.03. The quantitative estimate of drug-likeness (QED) is 0.0685. The van der Waals surface area contributed by atoms with E-state index >= 15 is 0 Å². The summed E-state index contributed by atoms with van der Waals surface area (Å²) < 4.78 is 26.3. The van der Waals surface area contributed by atoms with Crippen molar-refractivity contribution in [1.82, 2.24) is 4.90 Å². The van der Waals surface area contributed by atoms with Gasteiger partial charge in [0, 0.05) is 44.2 Å².